The Morgan fingerprint density at radius 3 is 1.89 bits per heavy atom. The van der Waals surface area contributed by atoms with Crippen LogP contribution in [0.5, 0.6) is 0 Å². The largest absolute Gasteiger partial charge is 0.330 e. The Labute approximate surface area is 117 Å². The first kappa shape index (κ1) is 18.3. The predicted octanol–water partition coefficient (Wildman–Crippen LogP) is 2.19. The predicted molar refractivity (Wildman–Crippen MR) is 78.8 cm³/mol. The van der Waals surface area contributed by atoms with Crippen molar-refractivity contribution in [3.05, 3.63) is 0 Å². The van der Waals surface area contributed by atoms with Gasteiger partial charge in [0, 0.05) is 6.42 Å². The van der Waals surface area contributed by atoms with Crippen molar-refractivity contribution in [1.82, 2.24) is 0 Å². The lowest BCUT2D eigenvalue weighted by Crippen LogP contribution is -2.15. The van der Waals surface area contributed by atoms with Crippen molar-refractivity contribution in [3.63, 3.8) is 0 Å². The van der Waals surface area contributed by atoms with E-state index < -0.39 is 0 Å². The van der Waals surface area contributed by atoms with Crippen LogP contribution < -0.4 is 11.5 Å². The summed E-state index contributed by atoms with van der Waals surface area (Å²) in [6.45, 7) is 1.44. The van der Waals surface area contributed by atoms with Crippen LogP contribution in [0.15, 0.2) is 0 Å². The van der Waals surface area contributed by atoms with Crippen molar-refractivity contribution in [1.29, 1.82) is 0 Å². The first-order valence-corrected chi connectivity index (χ1v) is 7.64. The second-order valence-corrected chi connectivity index (χ2v) is 5.15. The molecule has 1 atom stereocenters. The molecule has 0 bridgehead atoms. The number of carbonyl (C=O) groups is 2. The lowest BCUT2D eigenvalue weighted by atomic mass is 9.94. The monoisotopic (exact) mass is 270 g/mol. The second kappa shape index (κ2) is 13.7. The minimum Gasteiger partial charge on any atom is -0.330 e. The molecule has 4 nitrogen and oxygen atoms in total. The minimum absolute atomic E-state index is 0.113. The Kier molecular flexibility index (Phi) is 13.2. The summed E-state index contributed by atoms with van der Waals surface area (Å²) in [6.07, 6.45) is 10.2. The van der Waals surface area contributed by atoms with Gasteiger partial charge in [-0.15, -0.1) is 0 Å². The molecular weight excluding hydrogens is 240 g/mol. The summed E-state index contributed by atoms with van der Waals surface area (Å²) >= 11 is 0. The molecular formula is C15H30N2O2. The SMILES string of the molecule is NCCCCCCC(=O)C(C=O)CCCCCCN. The van der Waals surface area contributed by atoms with E-state index in [1.807, 2.05) is 0 Å². The Balaban J connectivity index is 3.63. The molecule has 0 aromatic rings. The molecule has 0 spiro atoms. The second-order valence-electron chi connectivity index (χ2n) is 5.15. The number of Topliss-reactive ketones (excluding diaryl/α,β-unsaturated/α-hetero) is 1. The van der Waals surface area contributed by atoms with E-state index in [1.54, 1.807) is 0 Å². The van der Waals surface area contributed by atoms with Crippen LogP contribution in [0.1, 0.15) is 64.2 Å². The van der Waals surface area contributed by atoms with Gasteiger partial charge in [-0.1, -0.05) is 32.1 Å². The first-order valence-electron chi connectivity index (χ1n) is 7.64. The summed E-state index contributed by atoms with van der Waals surface area (Å²) in [5.41, 5.74) is 10.8. The Hall–Kier alpha value is -0.740. The highest BCUT2D eigenvalue weighted by Crippen LogP contribution is 2.14. The summed E-state index contributed by atoms with van der Waals surface area (Å²) < 4.78 is 0. The fraction of sp³-hybridized carbons (Fsp3) is 0.867. The van der Waals surface area contributed by atoms with Gasteiger partial charge < -0.3 is 16.3 Å². The maximum atomic E-state index is 11.9. The van der Waals surface area contributed by atoms with Crippen LogP contribution in [-0.4, -0.2) is 25.2 Å². The quantitative estimate of drug-likeness (QED) is 0.288. The fourth-order valence-electron chi connectivity index (χ4n) is 2.15. The van der Waals surface area contributed by atoms with Crippen LogP contribution in [0.2, 0.25) is 0 Å². The number of rotatable bonds is 14. The molecule has 0 radical (unpaired) electrons. The van der Waals surface area contributed by atoms with Gasteiger partial charge in [0.05, 0.1) is 5.92 Å². The summed E-state index contributed by atoms with van der Waals surface area (Å²) in [7, 11) is 0. The molecule has 0 rings (SSSR count). The Morgan fingerprint density at radius 1 is 0.842 bits per heavy atom. The maximum Gasteiger partial charge on any atom is 0.143 e. The van der Waals surface area contributed by atoms with Crippen molar-refractivity contribution in [2.75, 3.05) is 13.1 Å². The molecule has 4 N–H and O–H groups in total. The topological polar surface area (TPSA) is 86.2 Å². The van der Waals surface area contributed by atoms with Gasteiger partial charge in [-0.25, -0.2) is 0 Å². The van der Waals surface area contributed by atoms with Crippen molar-refractivity contribution >= 4 is 12.1 Å². The van der Waals surface area contributed by atoms with Gasteiger partial charge in [-0.2, -0.15) is 0 Å². The van der Waals surface area contributed by atoms with Crippen molar-refractivity contribution in [2.24, 2.45) is 17.4 Å². The molecule has 0 aliphatic heterocycles. The average molecular weight is 270 g/mol. The number of hydrogen-bond donors (Lipinski definition) is 2. The summed E-state index contributed by atoms with van der Waals surface area (Å²) in [5, 5.41) is 0. The molecule has 112 valence electrons. The number of ketones is 1. The normalized spacial score (nSPS) is 12.3. The Morgan fingerprint density at radius 2 is 1.37 bits per heavy atom. The van der Waals surface area contributed by atoms with Gasteiger partial charge in [-0.3, -0.25) is 4.79 Å². The first-order chi connectivity index (χ1) is 9.26. The van der Waals surface area contributed by atoms with Crippen LogP contribution in [0.4, 0.5) is 0 Å². The highest BCUT2D eigenvalue weighted by molar-refractivity contribution is 5.93. The van der Waals surface area contributed by atoms with Crippen LogP contribution in [0, 0.1) is 5.92 Å². The number of carbonyl (C=O) groups excluding carboxylic acids is 2. The molecule has 19 heavy (non-hydrogen) atoms. The Bertz CT molecular complexity index is 232. The lowest BCUT2D eigenvalue weighted by Gasteiger charge is -2.09. The van der Waals surface area contributed by atoms with E-state index in [1.165, 1.54) is 0 Å². The molecule has 0 aliphatic carbocycles. The molecule has 0 saturated heterocycles. The molecule has 0 fully saturated rings. The van der Waals surface area contributed by atoms with E-state index >= 15 is 0 Å². The van der Waals surface area contributed by atoms with E-state index in [2.05, 4.69) is 0 Å². The molecule has 1 unspecified atom stereocenters. The van der Waals surface area contributed by atoms with Gasteiger partial charge in [0.15, 0.2) is 0 Å². The van der Waals surface area contributed by atoms with Crippen LogP contribution >= 0.6 is 0 Å². The molecule has 4 heteroatoms. The highest BCUT2D eigenvalue weighted by Gasteiger charge is 2.16. The summed E-state index contributed by atoms with van der Waals surface area (Å²) in [6, 6.07) is 0. The van der Waals surface area contributed by atoms with Crippen molar-refractivity contribution in [2.45, 2.75) is 64.2 Å². The molecule has 0 aliphatic rings. The summed E-state index contributed by atoms with van der Waals surface area (Å²) in [5.74, 6) is -0.269. The molecule has 0 amide bonds. The standard InChI is InChI=1S/C15H30N2O2/c16-11-7-3-1-5-9-14(13-18)15(19)10-6-2-4-8-12-17/h13-14H,1-12,16-17H2. The van der Waals surface area contributed by atoms with Gasteiger partial charge in [0.1, 0.15) is 12.1 Å². The van der Waals surface area contributed by atoms with Gasteiger partial charge in [0.2, 0.25) is 0 Å². The number of hydrogen-bond acceptors (Lipinski definition) is 4. The fourth-order valence-corrected chi connectivity index (χ4v) is 2.15. The molecule has 0 heterocycles. The van der Waals surface area contributed by atoms with Crippen LogP contribution in [0.3, 0.4) is 0 Å². The average Bonchev–Trinajstić information content (AvgIpc) is 2.42. The molecule has 0 aromatic heterocycles. The van der Waals surface area contributed by atoms with Crippen molar-refractivity contribution in [3.8, 4) is 0 Å². The lowest BCUT2D eigenvalue weighted by molar-refractivity contribution is -0.127. The third-order valence-corrected chi connectivity index (χ3v) is 3.42. The van der Waals surface area contributed by atoms with Crippen LogP contribution in [-0.2, 0) is 9.59 Å². The minimum atomic E-state index is -0.382. The van der Waals surface area contributed by atoms with E-state index in [0.717, 1.165) is 64.2 Å². The molecule has 0 aromatic carbocycles. The zero-order chi connectivity index (χ0) is 14.3. The third kappa shape index (κ3) is 10.8. The smallest absolute Gasteiger partial charge is 0.143 e. The van der Waals surface area contributed by atoms with Gasteiger partial charge in [0.25, 0.3) is 0 Å². The van der Waals surface area contributed by atoms with Crippen LogP contribution in [0.25, 0.3) is 0 Å². The summed E-state index contributed by atoms with van der Waals surface area (Å²) in [4.78, 5) is 22.8. The van der Waals surface area contributed by atoms with E-state index in [-0.39, 0.29) is 11.7 Å². The van der Waals surface area contributed by atoms with E-state index in [0.29, 0.717) is 19.4 Å². The van der Waals surface area contributed by atoms with E-state index in [9.17, 15) is 9.59 Å². The number of aldehydes is 1. The number of nitrogens with two attached hydrogens (primary N) is 2. The zero-order valence-corrected chi connectivity index (χ0v) is 12.1. The highest BCUT2D eigenvalue weighted by atomic mass is 16.1. The zero-order valence-electron chi connectivity index (χ0n) is 12.1. The molecule has 0 saturated carbocycles. The van der Waals surface area contributed by atoms with E-state index in [4.69, 9.17) is 11.5 Å². The van der Waals surface area contributed by atoms with Gasteiger partial charge >= 0.3 is 0 Å². The number of unbranched alkanes of at least 4 members (excludes halogenated alkanes) is 6. The van der Waals surface area contributed by atoms with Gasteiger partial charge in [-0.05, 0) is 38.8 Å². The third-order valence-electron chi connectivity index (χ3n) is 3.42. The van der Waals surface area contributed by atoms with Crippen molar-refractivity contribution < 1.29 is 9.59 Å². The maximum absolute atomic E-state index is 11.9.